The average Bonchev–Trinajstić information content (AvgIpc) is 3.35. The zero-order valence-electron chi connectivity index (χ0n) is 14.0. The van der Waals surface area contributed by atoms with E-state index in [9.17, 15) is 9.59 Å². The maximum Gasteiger partial charge on any atom is 0.265 e. The number of carbonyl (C=O) groups is 2. The first-order chi connectivity index (χ1) is 12.1. The largest absolute Gasteiger partial charge is 0.497 e. The second-order valence-corrected chi connectivity index (χ2v) is 7.59. The standard InChI is InChI=1S/C19H20N2O3S/c1-24-14-6-3-11(4-7-14)15-8-9-25-17(15)19(23)21-13-5-2-12(10-13)16(21)18(20)22/h3-4,6-9,12-13,16H,2,5,10H2,1H3,(H2,20,22)/t12-,13+,16-/m0/s1. The minimum Gasteiger partial charge on any atom is -0.497 e. The number of rotatable bonds is 4. The van der Waals surface area contributed by atoms with E-state index in [1.807, 2.05) is 35.7 Å². The lowest BCUT2D eigenvalue weighted by atomic mass is 9.97. The fraction of sp³-hybridized carbons (Fsp3) is 0.368. The van der Waals surface area contributed by atoms with E-state index < -0.39 is 6.04 Å². The Hall–Kier alpha value is -2.34. The fourth-order valence-electron chi connectivity index (χ4n) is 4.24. The summed E-state index contributed by atoms with van der Waals surface area (Å²) >= 11 is 1.42. The molecule has 1 saturated heterocycles. The van der Waals surface area contributed by atoms with Crippen LogP contribution in [0.4, 0.5) is 0 Å². The number of nitrogens with two attached hydrogens (primary N) is 1. The molecule has 1 aliphatic carbocycles. The number of nitrogens with zero attached hydrogens (tertiary/aromatic N) is 1. The molecule has 0 spiro atoms. The smallest absolute Gasteiger partial charge is 0.265 e. The van der Waals surface area contributed by atoms with Gasteiger partial charge in [-0.05, 0) is 54.3 Å². The summed E-state index contributed by atoms with van der Waals surface area (Å²) in [5.74, 6) is 0.535. The summed E-state index contributed by atoms with van der Waals surface area (Å²) in [5.41, 5.74) is 7.46. The zero-order chi connectivity index (χ0) is 17.6. The predicted molar refractivity (Wildman–Crippen MR) is 96.6 cm³/mol. The summed E-state index contributed by atoms with van der Waals surface area (Å²) in [7, 11) is 1.63. The van der Waals surface area contributed by atoms with E-state index in [4.69, 9.17) is 10.5 Å². The van der Waals surface area contributed by atoms with Gasteiger partial charge in [-0.25, -0.2) is 0 Å². The average molecular weight is 356 g/mol. The highest BCUT2D eigenvalue weighted by molar-refractivity contribution is 7.12. The van der Waals surface area contributed by atoms with Crippen molar-refractivity contribution in [3.8, 4) is 16.9 Å². The van der Waals surface area contributed by atoms with E-state index in [-0.39, 0.29) is 23.8 Å². The molecule has 2 aliphatic rings. The third kappa shape index (κ3) is 2.61. The summed E-state index contributed by atoms with van der Waals surface area (Å²) < 4.78 is 5.20. The van der Waals surface area contributed by atoms with Gasteiger partial charge < -0.3 is 15.4 Å². The molecule has 2 aromatic rings. The van der Waals surface area contributed by atoms with Gasteiger partial charge in [0, 0.05) is 11.6 Å². The zero-order valence-corrected chi connectivity index (χ0v) is 14.8. The van der Waals surface area contributed by atoms with Crippen molar-refractivity contribution in [3.05, 3.63) is 40.6 Å². The highest BCUT2D eigenvalue weighted by Crippen LogP contribution is 2.44. The first-order valence-corrected chi connectivity index (χ1v) is 9.32. The highest BCUT2D eigenvalue weighted by Gasteiger charge is 2.51. The van der Waals surface area contributed by atoms with E-state index in [0.29, 0.717) is 4.88 Å². The molecule has 6 heteroatoms. The normalized spacial score (nSPS) is 24.5. The lowest BCUT2D eigenvalue weighted by Gasteiger charge is -2.33. The van der Waals surface area contributed by atoms with Crippen molar-refractivity contribution in [2.24, 2.45) is 11.7 Å². The first-order valence-electron chi connectivity index (χ1n) is 8.44. The Kier molecular flexibility index (Phi) is 4.00. The number of fused-ring (bicyclic) bond motifs is 2. The molecule has 2 N–H and O–H groups in total. The quantitative estimate of drug-likeness (QED) is 0.915. The van der Waals surface area contributed by atoms with E-state index in [1.54, 1.807) is 12.0 Å². The van der Waals surface area contributed by atoms with Crippen LogP contribution in [0.15, 0.2) is 35.7 Å². The van der Waals surface area contributed by atoms with Gasteiger partial charge in [-0.2, -0.15) is 0 Å². The molecule has 3 atom stereocenters. The molecule has 0 unspecified atom stereocenters. The number of amides is 2. The van der Waals surface area contributed by atoms with Crippen LogP contribution in [0.5, 0.6) is 5.75 Å². The van der Waals surface area contributed by atoms with Crippen LogP contribution in [0.25, 0.3) is 11.1 Å². The molecular formula is C19H20N2O3S. The molecule has 25 heavy (non-hydrogen) atoms. The minimum absolute atomic E-state index is 0.0724. The van der Waals surface area contributed by atoms with Crippen molar-refractivity contribution >= 4 is 23.2 Å². The summed E-state index contributed by atoms with van der Waals surface area (Å²) in [6.07, 6.45) is 2.84. The molecule has 0 radical (unpaired) electrons. The van der Waals surface area contributed by atoms with Gasteiger partial charge in [0.25, 0.3) is 5.91 Å². The Morgan fingerprint density at radius 1 is 1.20 bits per heavy atom. The summed E-state index contributed by atoms with van der Waals surface area (Å²) in [6, 6.07) is 9.28. The number of hydrogen-bond acceptors (Lipinski definition) is 4. The fourth-order valence-corrected chi connectivity index (χ4v) is 5.10. The van der Waals surface area contributed by atoms with Gasteiger partial charge in [0.05, 0.1) is 12.0 Å². The SMILES string of the molecule is COc1ccc(-c2ccsc2C(=O)N2[C@@H]3CC[C@@H](C3)[C@H]2C(N)=O)cc1. The third-order valence-corrected chi connectivity index (χ3v) is 6.27. The van der Waals surface area contributed by atoms with Crippen LogP contribution in [-0.2, 0) is 4.79 Å². The van der Waals surface area contributed by atoms with Crippen molar-refractivity contribution in [1.82, 2.24) is 4.90 Å². The van der Waals surface area contributed by atoms with Crippen LogP contribution in [0, 0.1) is 5.92 Å². The van der Waals surface area contributed by atoms with Crippen LogP contribution in [0.1, 0.15) is 28.9 Å². The van der Waals surface area contributed by atoms with Gasteiger partial charge in [-0.15, -0.1) is 11.3 Å². The molecule has 2 bridgehead atoms. The van der Waals surface area contributed by atoms with E-state index >= 15 is 0 Å². The van der Waals surface area contributed by atoms with Crippen LogP contribution in [0.2, 0.25) is 0 Å². The second kappa shape index (κ2) is 6.19. The summed E-state index contributed by atoms with van der Waals surface area (Å²) in [5, 5.41) is 1.92. The van der Waals surface area contributed by atoms with Crippen LogP contribution in [0.3, 0.4) is 0 Å². The lowest BCUT2D eigenvalue weighted by Crippen LogP contribution is -2.51. The number of primary amides is 1. The number of methoxy groups -OCH3 is 1. The molecule has 2 heterocycles. The monoisotopic (exact) mass is 356 g/mol. The van der Waals surface area contributed by atoms with Gasteiger partial charge in [0.1, 0.15) is 11.8 Å². The molecule has 1 aliphatic heterocycles. The number of benzene rings is 1. The second-order valence-electron chi connectivity index (χ2n) is 6.68. The molecule has 2 fully saturated rings. The number of carbonyl (C=O) groups excluding carboxylic acids is 2. The predicted octanol–water partition coefficient (Wildman–Crippen LogP) is 2.90. The van der Waals surface area contributed by atoms with Crippen molar-refractivity contribution in [2.75, 3.05) is 7.11 Å². The molecule has 1 aromatic heterocycles. The Morgan fingerprint density at radius 2 is 1.96 bits per heavy atom. The molecule has 1 saturated carbocycles. The van der Waals surface area contributed by atoms with Crippen molar-refractivity contribution < 1.29 is 14.3 Å². The molecule has 1 aromatic carbocycles. The topological polar surface area (TPSA) is 72.6 Å². The minimum atomic E-state index is -0.461. The maximum atomic E-state index is 13.2. The first kappa shape index (κ1) is 16.1. The molecule has 130 valence electrons. The van der Waals surface area contributed by atoms with E-state index in [2.05, 4.69) is 0 Å². The maximum absolute atomic E-state index is 13.2. The Morgan fingerprint density at radius 3 is 2.64 bits per heavy atom. The van der Waals surface area contributed by atoms with Gasteiger partial charge in [0.2, 0.25) is 5.91 Å². The van der Waals surface area contributed by atoms with E-state index in [1.165, 1.54) is 11.3 Å². The molecule has 4 rings (SSSR count). The van der Waals surface area contributed by atoms with Crippen molar-refractivity contribution in [2.45, 2.75) is 31.3 Å². The highest BCUT2D eigenvalue weighted by atomic mass is 32.1. The summed E-state index contributed by atoms with van der Waals surface area (Å²) in [4.78, 5) is 27.6. The Bertz CT molecular complexity index is 814. The molecule has 2 amide bonds. The Balaban J connectivity index is 1.67. The summed E-state index contributed by atoms with van der Waals surface area (Å²) in [6.45, 7) is 0. The van der Waals surface area contributed by atoms with Gasteiger partial charge in [-0.3, -0.25) is 9.59 Å². The number of likely N-dealkylation sites (tertiary alicyclic amines) is 1. The van der Waals surface area contributed by atoms with Gasteiger partial charge in [0.15, 0.2) is 0 Å². The van der Waals surface area contributed by atoms with E-state index in [0.717, 1.165) is 36.1 Å². The number of thiophene rings is 1. The van der Waals surface area contributed by atoms with Crippen molar-refractivity contribution in [1.29, 1.82) is 0 Å². The number of ether oxygens (including phenoxy) is 1. The molecular weight excluding hydrogens is 336 g/mol. The van der Waals surface area contributed by atoms with Crippen LogP contribution in [-0.4, -0.2) is 35.9 Å². The Labute approximate surface area is 150 Å². The third-order valence-electron chi connectivity index (χ3n) is 5.37. The van der Waals surface area contributed by atoms with Gasteiger partial charge in [-0.1, -0.05) is 12.1 Å². The lowest BCUT2D eigenvalue weighted by molar-refractivity contribution is -0.123. The van der Waals surface area contributed by atoms with Gasteiger partial charge >= 0.3 is 0 Å². The van der Waals surface area contributed by atoms with Crippen LogP contribution < -0.4 is 10.5 Å². The number of piperidine rings is 1. The molecule has 5 nitrogen and oxygen atoms in total. The van der Waals surface area contributed by atoms with Crippen LogP contribution >= 0.6 is 11.3 Å². The number of hydrogen-bond donors (Lipinski definition) is 1. The van der Waals surface area contributed by atoms with Crippen molar-refractivity contribution in [3.63, 3.8) is 0 Å².